The number of likely N-dealkylation sites (tertiary alicyclic amines) is 1. The van der Waals surface area contributed by atoms with Crippen LogP contribution in [-0.4, -0.2) is 29.9 Å². The molecule has 1 aromatic rings. The van der Waals surface area contributed by atoms with Gasteiger partial charge in [-0.2, -0.15) is 0 Å². The van der Waals surface area contributed by atoms with E-state index in [4.69, 9.17) is 11.5 Å². The van der Waals surface area contributed by atoms with Crippen LogP contribution >= 0.6 is 0 Å². The van der Waals surface area contributed by atoms with Gasteiger partial charge in [0.2, 0.25) is 5.91 Å². The Bertz CT molecular complexity index is 445. The number of aryl methyl sites for hydroxylation is 1. The van der Waals surface area contributed by atoms with E-state index in [1.807, 2.05) is 19.1 Å². The van der Waals surface area contributed by atoms with Crippen molar-refractivity contribution < 1.29 is 4.79 Å². The van der Waals surface area contributed by atoms with Crippen LogP contribution in [0.4, 0.5) is 0 Å². The maximum atomic E-state index is 11.1. The zero-order chi connectivity index (χ0) is 13.1. The number of benzene rings is 1. The number of carbonyl (C=O) groups is 1. The van der Waals surface area contributed by atoms with E-state index in [-0.39, 0.29) is 5.91 Å². The Morgan fingerprint density at radius 1 is 1.50 bits per heavy atom. The molecule has 1 fully saturated rings. The molecule has 1 saturated heterocycles. The molecule has 4 nitrogen and oxygen atoms in total. The fraction of sp³-hybridized carbons (Fsp3) is 0.500. The molecule has 0 unspecified atom stereocenters. The molecule has 2 rings (SSSR count). The van der Waals surface area contributed by atoms with E-state index in [0.717, 1.165) is 31.6 Å². The number of hydrogen-bond acceptors (Lipinski definition) is 3. The second-order valence-electron chi connectivity index (χ2n) is 5.14. The fourth-order valence-corrected chi connectivity index (χ4v) is 2.50. The lowest BCUT2D eigenvalue weighted by Crippen LogP contribution is -2.42. The summed E-state index contributed by atoms with van der Waals surface area (Å²) in [5.41, 5.74) is 14.2. The van der Waals surface area contributed by atoms with Crippen LogP contribution in [0.3, 0.4) is 0 Å². The van der Waals surface area contributed by atoms with Crippen LogP contribution in [-0.2, 0) is 6.54 Å². The third kappa shape index (κ3) is 3.09. The second-order valence-corrected chi connectivity index (χ2v) is 5.14. The molecule has 98 valence electrons. The molecule has 4 N–H and O–H groups in total. The van der Waals surface area contributed by atoms with E-state index in [1.165, 1.54) is 12.0 Å². The predicted octanol–water partition coefficient (Wildman–Crippen LogP) is 1.02. The molecule has 0 saturated carbocycles. The summed E-state index contributed by atoms with van der Waals surface area (Å²) in [6, 6.07) is 5.95. The number of piperidine rings is 1. The third-order valence-electron chi connectivity index (χ3n) is 3.56. The fourth-order valence-electron chi connectivity index (χ4n) is 2.50. The minimum atomic E-state index is -0.371. The minimum Gasteiger partial charge on any atom is -0.366 e. The smallest absolute Gasteiger partial charge is 0.248 e. The van der Waals surface area contributed by atoms with Gasteiger partial charge in [0.05, 0.1) is 0 Å². The summed E-state index contributed by atoms with van der Waals surface area (Å²) in [7, 11) is 0. The number of primary amides is 1. The number of nitrogens with two attached hydrogens (primary N) is 2. The van der Waals surface area contributed by atoms with Crippen LogP contribution in [0.25, 0.3) is 0 Å². The highest BCUT2D eigenvalue weighted by atomic mass is 16.1. The summed E-state index contributed by atoms with van der Waals surface area (Å²) in [5.74, 6) is -0.371. The Kier molecular flexibility index (Phi) is 3.99. The van der Waals surface area contributed by atoms with E-state index in [1.54, 1.807) is 6.07 Å². The van der Waals surface area contributed by atoms with Crippen molar-refractivity contribution in [2.24, 2.45) is 11.5 Å². The molecule has 1 atom stereocenters. The first-order valence-corrected chi connectivity index (χ1v) is 6.43. The zero-order valence-electron chi connectivity index (χ0n) is 10.9. The van der Waals surface area contributed by atoms with Gasteiger partial charge in [-0.1, -0.05) is 6.07 Å². The lowest BCUT2D eigenvalue weighted by Gasteiger charge is -2.31. The van der Waals surface area contributed by atoms with Gasteiger partial charge in [0.15, 0.2) is 0 Å². The molecule has 1 aliphatic rings. The van der Waals surface area contributed by atoms with Gasteiger partial charge in [0.25, 0.3) is 0 Å². The van der Waals surface area contributed by atoms with Crippen molar-refractivity contribution >= 4 is 5.91 Å². The first-order chi connectivity index (χ1) is 8.56. The molecule has 1 amide bonds. The van der Waals surface area contributed by atoms with E-state index in [0.29, 0.717) is 11.6 Å². The van der Waals surface area contributed by atoms with E-state index >= 15 is 0 Å². The topological polar surface area (TPSA) is 72.4 Å². The number of nitrogens with zero attached hydrogens (tertiary/aromatic N) is 1. The van der Waals surface area contributed by atoms with Gasteiger partial charge >= 0.3 is 0 Å². The molecule has 1 aliphatic heterocycles. The summed E-state index contributed by atoms with van der Waals surface area (Å²) >= 11 is 0. The molecule has 0 aliphatic carbocycles. The van der Waals surface area contributed by atoms with Gasteiger partial charge < -0.3 is 11.5 Å². The summed E-state index contributed by atoms with van der Waals surface area (Å²) in [6.07, 6.45) is 2.29. The molecule has 1 aromatic carbocycles. The standard InChI is InChI=1S/C14H21N3O/c1-10-7-11(14(16)18)4-5-12(10)8-17-6-2-3-13(15)9-17/h4-5,7,13H,2-3,6,8-9,15H2,1H3,(H2,16,18)/t13-/m1/s1. The van der Waals surface area contributed by atoms with Crippen LogP contribution in [0.2, 0.25) is 0 Å². The average molecular weight is 247 g/mol. The third-order valence-corrected chi connectivity index (χ3v) is 3.56. The van der Waals surface area contributed by atoms with Crippen molar-refractivity contribution in [1.29, 1.82) is 0 Å². The van der Waals surface area contributed by atoms with Gasteiger partial charge in [-0.15, -0.1) is 0 Å². The van der Waals surface area contributed by atoms with Crippen LogP contribution in [0.15, 0.2) is 18.2 Å². The van der Waals surface area contributed by atoms with E-state index in [9.17, 15) is 4.79 Å². The number of hydrogen-bond donors (Lipinski definition) is 2. The van der Waals surface area contributed by atoms with Crippen LogP contribution < -0.4 is 11.5 Å². The normalized spacial score (nSPS) is 20.9. The number of amides is 1. The minimum absolute atomic E-state index is 0.295. The molecular weight excluding hydrogens is 226 g/mol. The van der Waals surface area contributed by atoms with Crippen molar-refractivity contribution in [1.82, 2.24) is 4.90 Å². The van der Waals surface area contributed by atoms with E-state index in [2.05, 4.69) is 4.90 Å². The summed E-state index contributed by atoms with van der Waals surface area (Å²) < 4.78 is 0. The summed E-state index contributed by atoms with van der Waals surface area (Å²) in [5, 5.41) is 0. The van der Waals surface area contributed by atoms with Crippen LogP contribution in [0, 0.1) is 6.92 Å². The molecular formula is C14H21N3O. The zero-order valence-corrected chi connectivity index (χ0v) is 10.9. The quantitative estimate of drug-likeness (QED) is 0.837. The van der Waals surface area contributed by atoms with Crippen molar-refractivity contribution in [2.75, 3.05) is 13.1 Å². The molecule has 0 aromatic heterocycles. The lowest BCUT2D eigenvalue weighted by atomic mass is 10.0. The van der Waals surface area contributed by atoms with Gasteiger partial charge in [-0.25, -0.2) is 0 Å². The Morgan fingerprint density at radius 3 is 2.89 bits per heavy atom. The SMILES string of the molecule is Cc1cc(C(N)=O)ccc1CN1CCC[C@@H](N)C1. The van der Waals surface area contributed by atoms with E-state index < -0.39 is 0 Å². The van der Waals surface area contributed by atoms with Gasteiger partial charge in [-0.3, -0.25) is 9.69 Å². The number of rotatable bonds is 3. The molecule has 4 heteroatoms. The molecule has 0 spiro atoms. The van der Waals surface area contributed by atoms with Gasteiger partial charge in [-0.05, 0) is 49.6 Å². The average Bonchev–Trinajstić information content (AvgIpc) is 2.31. The van der Waals surface area contributed by atoms with Crippen molar-refractivity contribution in [3.63, 3.8) is 0 Å². The number of carbonyl (C=O) groups excluding carboxylic acids is 1. The van der Waals surface area contributed by atoms with Crippen molar-refractivity contribution in [3.05, 3.63) is 34.9 Å². The molecule has 0 bridgehead atoms. The van der Waals surface area contributed by atoms with Crippen LogP contribution in [0.5, 0.6) is 0 Å². The van der Waals surface area contributed by atoms with Gasteiger partial charge in [0.1, 0.15) is 0 Å². The highest BCUT2D eigenvalue weighted by Crippen LogP contribution is 2.16. The Labute approximate surface area is 108 Å². The van der Waals surface area contributed by atoms with Crippen molar-refractivity contribution in [3.8, 4) is 0 Å². The Hall–Kier alpha value is -1.39. The maximum Gasteiger partial charge on any atom is 0.248 e. The molecule has 0 radical (unpaired) electrons. The van der Waals surface area contributed by atoms with Crippen LogP contribution in [0.1, 0.15) is 34.3 Å². The lowest BCUT2D eigenvalue weighted by molar-refractivity contribution is 0.1000. The largest absolute Gasteiger partial charge is 0.366 e. The highest BCUT2D eigenvalue weighted by molar-refractivity contribution is 5.93. The van der Waals surface area contributed by atoms with Gasteiger partial charge in [0, 0.05) is 24.7 Å². The highest BCUT2D eigenvalue weighted by Gasteiger charge is 2.17. The predicted molar refractivity (Wildman–Crippen MR) is 72.2 cm³/mol. The molecule has 18 heavy (non-hydrogen) atoms. The van der Waals surface area contributed by atoms with Crippen molar-refractivity contribution in [2.45, 2.75) is 32.4 Å². The summed E-state index contributed by atoms with van der Waals surface area (Å²) in [4.78, 5) is 13.5. The Morgan fingerprint density at radius 2 is 2.28 bits per heavy atom. The summed E-state index contributed by atoms with van der Waals surface area (Å²) in [6.45, 7) is 4.98. The first kappa shape index (κ1) is 13.1. The monoisotopic (exact) mass is 247 g/mol. The Balaban J connectivity index is 2.07. The second kappa shape index (κ2) is 5.50. The molecule has 1 heterocycles. The first-order valence-electron chi connectivity index (χ1n) is 6.43. The maximum absolute atomic E-state index is 11.1.